The lowest BCUT2D eigenvalue weighted by molar-refractivity contribution is 0.143. The molecule has 4 rings (SSSR count). The minimum atomic E-state index is -0.481. The van der Waals surface area contributed by atoms with E-state index < -0.39 is 6.10 Å². The predicted octanol–water partition coefficient (Wildman–Crippen LogP) is 4.00. The van der Waals surface area contributed by atoms with Gasteiger partial charge < -0.3 is 5.11 Å². The van der Waals surface area contributed by atoms with Gasteiger partial charge in [0.1, 0.15) is 0 Å². The number of fused-ring (bicyclic) bond motifs is 2. The van der Waals surface area contributed by atoms with E-state index in [1.165, 1.54) is 16.3 Å². The SMILES string of the molecule is OC(c1ccc2ccccc2c1)C1CCc2cccnc21. The van der Waals surface area contributed by atoms with Crippen molar-refractivity contribution >= 4 is 10.8 Å². The number of pyridine rings is 1. The number of aromatic nitrogens is 1. The molecule has 0 radical (unpaired) electrons. The molecule has 1 aromatic heterocycles. The van der Waals surface area contributed by atoms with Crippen LogP contribution in [0.3, 0.4) is 0 Å². The van der Waals surface area contributed by atoms with E-state index in [1.807, 2.05) is 30.5 Å². The van der Waals surface area contributed by atoms with Crippen molar-refractivity contribution in [3.63, 3.8) is 0 Å². The van der Waals surface area contributed by atoms with E-state index in [1.54, 1.807) is 0 Å². The number of aryl methyl sites for hydroxylation is 1. The summed E-state index contributed by atoms with van der Waals surface area (Å²) in [6, 6.07) is 18.6. The van der Waals surface area contributed by atoms with Crippen LogP contribution in [-0.2, 0) is 6.42 Å². The summed E-state index contributed by atoms with van der Waals surface area (Å²) in [7, 11) is 0. The molecule has 21 heavy (non-hydrogen) atoms. The van der Waals surface area contributed by atoms with E-state index in [9.17, 15) is 5.11 Å². The average molecular weight is 275 g/mol. The Kier molecular flexibility index (Phi) is 2.97. The number of aliphatic hydroxyl groups excluding tert-OH is 1. The molecule has 3 aromatic rings. The second kappa shape index (κ2) is 4.97. The third kappa shape index (κ3) is 2.12. The average Bonchev–Trinajstić information content (AvgIpc) is 2.98. The molecular formula is C19H17NO. The first-order chi connectivity index (χ1) is 10.3. The van der Waals surface area contributed by atoms with Crippen molar-refractivity contribution in [3.8, 4) is 0 Å². The summed E-state index contributed by atoms with van der Waals surface area (Å²) >= 11 is 0. The number of hydrogen-bond donors (Lipinski definition) is 1. The van der Waals surface area contributed by atoms with Gasteiger partial charge in [-0.1, -0.05) is 42.5 Å². The lowest BCUT2D eigenvalue weighted by Gasteiger charge is -2.19. The molecule has 0 saturated carbocycles. The summed E-state index contributed by atoms with van der Waals surface area (Å²) in [5.41, 5.74) is 3.33. The summed E-state index contributed by atoms with van der Waals surface area (Å²) in [4.78, 5) is 4.49. The zero-order valence-corrected chi connectivity index (χ0v) is 11.7. The lowest BCUT2D eigenvalue weighted by Crippen LogP contribution is -2.09. The lowest BCUT2D eigenvalue weighted by atomic mass is 9.92. The van der Waals surface area contributed by atoms with Gasteiger partial charge in [-0.3, -0.25) is 4.98 Å². The highest BCUT2D eigenvalue weighted by molar-refractivity contribution is 5.83. The molecule has 0 fully saturated rings. The molecule has 1 aliphatic rings. The van der Waals surface area contributed by atoms with Gasteiger partial charge in [-0.2, -0.15) is 0 Å². The molecule has 0 amide bonds. The number of nitrogens with zero attached hydrogens (tertiary/aromatic N) is 1. The van der Waals surface area contributed by atoms with Crippen LogP contribution < -0.4 is 0 Å². The fourth-order valence-electron chi connectivity index (χ4n) is 3.38. The summed E-state index contributed by atoms with van der Waals surface area (Å²) in [5, 5.41) is 13.2. The van der Waals surface area contributed by atoms with Crippen LogP contribution in [0.25, 0.3) is 10.8 Å². The molecule has 0 bridgehead atoms. The Morgan fingerprint density at radius 1 is 1.00 bits per heavy atom. The van der Waals surface area contributed by atoms with Gasteiger partial charge in [0.25, 0.3) is 0 Å². The van der Waals surface area contributed by atoms with Crippen LogP contribution in [0, 0.1) is 0 Å². The first kappa shape index (κ1) is 12.5. The van der Waals surface area contributed by atoms with E-state index in [4.69, 9.17) is 0 Å². The normalized spacial score (nSPS) is 18.6. The second-order valence-corrected chi connectivity index (χ2v) is 5.74. The van der Waals surface area contributed by atoms with Gasteiger partial charge in [-0.15, -0.1) is 0 Å². The van der Waals surface area contributed by atoms with Crippen LogP contribution in [-0.4, -0.2) is 10.1 Å². The van der Waals surface area contributed by atoms with Crippen LogP contribution in [0.15, 0.2) is 60.8 Å². The van der Waals surface area contributed by atoms with E-state index in [-0.39, 0.29) is 5.92 Å². The van der Waals surface area contributed by atoms with Crippen LogP contribution >= 0.6 is 0 Å². The maximum atomic E-state index is 10.8. The molecule has 1 N–H and O–H groups in total. The third-order valence-electron chi connectivity index (χ3n) is 4.50. The first-order valence-electron chi connectivity index (χ1n) is 7.43. The Hall–Kier alpha value is -2.19. The van der Waals surface area contributed by atoms with Crippen molar-refractivity contribution in [2.45, 2.75) is 24.9 Å². The number of hydrogen-bond acceptors (Lipinski definition) is 2. The van der Waals surface area contributed by atoms with Crippen molar-refractivity contribution in [3.05, 3.63) is 77.6 Å². The molecule has 0 aliphatic heterocycles. The molecular weight excluding hydrogens is 258 g/mol. The number of rotatable bonds is 2. The van der Waals surface area contributed by atoms with Gasteiger partial charge in [0.15, 0.2) is 0 Å². The zero-order chi connectivity index (χ0) is 14.2. The van der Waals surface area contributed by atoms with Gasteiger partial charge in [0.05, 0.1) is 6.10 Å². The zero-order valence-electron chi connectivity index (χ0n) is 11.7. The first-order valence-corrected chi connectivity index (χ1v) is 7.43. The molecule has 1 heterocycles. The molecule has 0 spiro atoms. The van der Waals surface area contributed by atoms with Gasteiger partial charge in [-0.25, -0.2) is 0 Å². The Balaban J connectivity index is 1.72. The summed E-state index contributed by atoms with van der Waals surface area (Å²) in [6.07, 6.45) is 3.33. The highest BCUT2D eigenvalue weighted by atomic mass is 16.3. The van der Waals surface area contributed by atoms with Crippen LogP contribution in [0.1, 0.15) is 35.3 Å². The molecule has 2 nitrogen and oxygen atoms in total. The van der Waals surface area contributed by atoms with Crippen LogP contribution in [0.2, 0.25) is 0 Å². The molecule has 2 aromatic carbocycles. The van der Waals surface area contributed by atoms with Gasteiger partial charge in [-0.05, 0) is 46.9 Å². The topological polar surface area (TPSA) is 33.1 Å². The molecule has 2 unspecified atom stereocenters. The van der Waals surface area contributed by atoms with Gasteiger partial charge in [0.2, 0.25) is 0 Å². The quantitative estimate of drug-likeness (QED) is 0.767. The Morgan fingerprint density at radius 3 is 2.76 bits per heavy atom. The van der Waals surface area contributed by atoms with Gasteiger partial charge in [0, 0.05) is 17.8 Å². The summed E-state index contributed by atoms with van der Waals surface area (Å²) in [6.45, 7) is 0. The number of benzene rings is 2. The standard InChI is InChI=1S/C19H17NO/c21-19(17-10-9-14-6-3-11-20-18(14)17)16-8-7-13-4-1-2-5-15(13)12-16/h1-8,11-12,17,19,21H,9-10H2. The van der Waals surface area contributed by atoms with Crippen molar-refractivity contribution < 1.29 is 5.11 Å². The largest absolute Gasteiger partial charge is 0.388 e. The fourth-order valence-corrected chi connectivity index (χ4v) is 3.38. The maximum absolute atomic E-state index is 10.8. The van der Waals surface area contributed by atoms with E-state index in [2.05, 4.69) is 35.3 Å². The Morgan fingerprint density at radius 2 is 1.86 bits per heavy atom. The highest BCUT2D eigenvalue weighted by Crippen LogP contribution is 2.40. The Bertz CT molecular complexity index is 796. The fraction of sp³-hybridized carbons (Fsp3) is 0.211. The monoisotopic (exact) mass is 275 g/mol. The van der Waals surface area contributed by atoms with E-state index >= 15 is 0 Å². The molecule has 104 valence electrons. The smallest absolute Gasteiger partial charge is 0.0874 e. The maximum Gasteiger partial charge on any atom is 0.0874 e. The molecule has 1 aliphatic carbocycles. The van der Waals surface area contributed by atoms with Crippen LogP contribution in [0.4, 0.5) is 0 Å². The van der Waals surface area contributed by atoms with Gasteiger partial charge >= 0.3 is 0 Å². The Labute approximate surface area is 124 Å². The summed E-state index contributed by atoms with van der Waals surface area (Å²) < 4.78 is 0. The van der Waals surface area contributed by atoms with Crippen molar-refractivity contribution in [1.29, 1.82) is 0 Å². The minimum absolute atomic E-state index is 0.113. The van der Waals surface area contributed by atoms with Crippen LogP contribution in [0.5, 0.6) is 0 Å². The number of aliphatic hydroxyl groups is 1. The van der Waals surface area contributed by atoms with Crippen molar-refractivity contribution in [1.82, 2.24) is 4.98 Å². The summed E-state index contributed by atoms with van der Waals surface area (Å²) in [5.74, 6) is 0.113. The second-order valence-electron chi connectivity index (χ2n) is 5.74. The van der Waals surface area contributed by atoms with E-state index in [0.29, 0.717) is 0 Å². The highest BCUT2D eigenvalue weighted by Gasteiger charge is 2.30. The minimum Gasteiger partial charge on any atom is -0.388 e. The molecule has 2 atom stereocenters. The predicted molar refractivity (Wildman–Crippen MR) is 84.2 cm³/mol. The van der Waals surface area contributed by atoms with Crippen molar-refractivity contribution in [2.75, 3.05) is 0 Å². The third-order valence-corrected chi connectivity index (χ3v) is 4.50. The van der Waals surface area contributed by atoms with E-state index in [0.717, 1.165) is 24.1 Å². The molecule has 0 saturated heterocycles. The van der Waals surface area contributed by atoms with Crippen molar-refractivity contribution in [2.24, 2.45) is 0 Å². The molecule has 2 heteroatoms.